The number of para-hydroxylation sites is 3. The maximum atomic E-state index is 2.43. The Morgan fingerprint density at radius 2 is 0.956 bits per heavy atom. The highest BCUT2D eigenvalue weighted by Gasteiger charge is 2.18. The van der Waals surface area contributed by atoms with Crippen LogP contribution in [0.2, 0.25) is 0 Å². The molecule has 0 aliphatic rings. The zero-order chi connectivity index (χ0) is 29.5. The van der Waals surface area contributed by atoms with E-state index in [1.54, 1.807) is 0 Å². The molecule has 0 atom stereocenters. The highest BCUT2D eigenvalue weighted by molar-refractivity contribution is 7.26. The normalized spacial score (nSPS) is 12.0. The Hall–Kier alpha value is -5.64. The maximum absolute atomic E-state index is 2.43. The first-order chi connectivity index (χ1) is 22.3. The molecule has 45 heavy (non-hydrogen) atoms. The first-order valence-corrected chi connectivity index (χ1v) is 16.2. The fourth-order valence-electron chi connectivity index (χ4n) is 7.34. The van der Waals surface area contributed by atoms with E-state index in [9.17, 15) is 0 Å². The SMILES string of the molecule is c1cc(-c2ccc(-n3c4ccccc4c4ccccc43)cc2)cc(-n2c3ccccc3c3c4sc5ccccc5c4ccc32)c1. The Morgan fingerprint density at radius 3 is 1.69 bits per heavy atom. The molecule has 210 valence electrons. The van der Waals surface area contributed by atoms with Crippen LogP contribution in [0.3, 0.4) is 0 Å². The van der Waals surface area contributed by atoms with Gasteiger partial charge in [-0.05, 0) is 65.7 Å². The van der Waals surface area contributed by atoms with Crippen molar-refractivity contribution < 1.29 is 0 Å². The smallest absolute Gasteiger partial charge is 0.0555 e. The Morgan fingerprint density at radius 1 is 0.356 bits per heavy atom. The average molecular weight is 591 g/mol. The van der Waals surface area contributed by atoms with Gasteiger partial charge in [-0.25, -0.2) is 0 Å². The van der Waals surface area contributed by atoms with E-state index in [0.29, 0.717) is 0 Å². The molecule has 10 aromatic rings. The predicted octanol–water partition coefficient (Wildman–Crippen LogP) is 11.9. The molecule has 3 aromatic heterocycles. The van der Waals surface area contributed by atoms with Gasteiger partial charge in [-0.3, -0.25) is 0 Å². The topological polar surface area (TPSA) is 9.86 Å². The summed E-state index contributed by atoms with van der Waals surface area (Å²) in [5.41, 5.74) is 9.68. The highest BCUT2D eigenvalue weighted by Crippen LogP contribution is 2.43. The second-order valence-electron chi connectivity index (χ2n) is 11.8. The quantitative estimate of drug-likeness (QED) is 0.194. The van der Waals surface area contributed by atoms with Crippen LogP contribution in [0.5, 0.6) is 0 Å². The summed E-state index contributed by atoms with van der Waals surface area (Å²) in [5, 5.41) is 7.87. The summed E-state index contributed by atoms with van der Waals surface area (Å²) in [6.45, 7) is 0. The van der Waals surface area contributed by atoms with Crippen LogP contribution in [0.1, 0.15) is 0 Å². The van der Waals surface area contributed by atoms with Gasteiger partial charge in [0.1, 0.15) is 0 Å². The van der Waals surface area contributed by atoms with Crippen molar-refractivity contribution in [2.24, 2.45) is 0 Å². The van der Waals surface area contributed by atoms with Crippen LogP contribution < -0.4 is 0 Å². The van der Waals surface area contributed by atoms with E-state index in [0.717, 1.165) is 0 Å². The minimum atomic E-state index is 1.17. The molecule has 3 heteroatoms. The van der Waals surface area contributed by atoms with E-state index in [1.165, 1.54) is 86.3 Å². The molecule has 0 aliphatic carbocycles. The molecule has 10 rings (SSSR count). The Balaban J connectivity index is 1.13. The van der Waals surface area contributed by atoms with Gasteiger partial charge in [0, 0.05) is 53.1 Å². The van der Waals surface area contributed by atoms with Crippen LogP contribution in [0.4, 0.5) is 0 Å². The second-order valence-corrected chi connectivity index (χ2v) is 12.8. The van der Waals surface area contributed by atoms with Crippen LogP contribution >= 0.6 is 11.3 Å². The van der Waals surface area contributed by atoms with E-state index in [4.69, 9.17) is 0 Å². The summed E-state index contributed by atoms with van der Waals surface area (Å²) in [4.78, 5) is 0. The molecule has 0 saturated carbocycles. The van der Waals surface area contributed by atoms with Crippen molar-refractivity contribution in [1.82, 2.24) is 9.13 Å². The van der Waals surface area contributed by atoms with Gasteiger partial charge in [-0.1, -0.05) is 103 Å². The molecule has 7 aromatic carbocycles. The number of hydrogen-bond acceptors (Lipinski definition) is 1. The van der Waals surface area contributed by atoms with E-state index in [2.05, 4.69) is 167 Å². The Kier molecular flexibility index (Phi) is 5.19. The number of hydrogen-bond donors (Lipinski definition) is 0. The summed E-state index contributed by atoms with van der Waals surface area (Å²) in [6, 6.07) is 57.5. The van der Waals surface area contributed by atoms with Crippen LogP contribution in [-0.2, 0) is 0 Å². The molecule has 0 radical (unpaired) electrons. The van der Waals surface area contributed by atoms with Crippen molar-refractivity contribution in [2.45, 2.75) is 0 Å². The number of nitrogens with zero attached hydrogens (tertiary/aromatic N) is 2. The Labute approximate surface area is 263 Å². The standard InChI is InChI=1S/C42H26N2S/c1-5-16-36-31(12-1)32-13-2-6-17-37(32)43(36)29-22-20-27(21-23-29)28-10-9-11-30(26-28)44-38-18-7-3-15-35(38)41-39(44)25-24-34-33-14-4-8-19-40(33)45-42(34)41/h1-26H. The van der Waals surface area contributed by atoms with E-state index in [1.807, 2.05) is 11.3 Å². The van der Waals surface area contributed by atoms with Gasteiger partial charge in [0.2, 0.25) is 0 Å². The molecular weight excluding hydrogens is 565 g/mol. The van der Waals surface area contributed by atoms with Gasteiger partial charge >= 0.3 is 0 Å². The lowest BCUT2D eigenvalue weighted by atomic mass is 10.0. The predicted molar refractivity (Wildman–Crippen MR) is 193 cm³/mol. The van der Waals surface area contributed by atoms with Crippen molar-refractivity contribution in [3.8, 4) is 22.5 Å². The summed E-state index contributed by atoms with van der Waals surface area (Å²) < 4.78 is 7.51. The Bertz CT molecular complexity index is 2700. The summed E-state index contributed by atoms with van der Waals surface area (Å²) in [7, 11) is 0. The fraction of sp³-hybridized carbons (Fsp3) is 0. The van der Waals surface area contributed by atoms with E-state index < -0.39 is 0 Å². The molecule has 2 nitrogen and oxygen atoms in total. The third-order valence-corrected chi connectivity index (χ3v) is 10.5. The first kappa shape index (κ1) is 24.8. The van der Waals surface area contributed by atoms with Crippen LogP contribution in [0.15, 0.2) is 158 Å². The van der Waals surface area contributed by atoms with Gasteiger partial charge in [-0.15, -0.1) is 11.3 Å². The minimum absolute atomic E-state index is 1.17. The number of fused-ring (bicyclic) bond motifs is 10. The van der Waals surface area contributed by atoms with Crippen molar-refractivity contribution >= 4 is 75.1 Å². The number of rotatable bonds is 3. The minimum Gasteiger partial charge on any atom is -0.309 e. The maximum Gasteiger partial charge on any atom is 0.0555 e. The van der Waals surface area contributed by atoms with Crippen LogP contribution in [-0.4, -0.2) is 9.13 Å². The van der Waals surface area contributed by atoms with Gasteiger partial charge < -0.3 is 9.13 Å². The van der Waals surface area contributed by atoms with Gasteiger partial charge in [0.25, 0.3) is 0 Å². The monoisotopic (exact) mass is 590 g/mol. The van der Waals surface area contributed by atoms with Gasteiger partial charge in [0.05, 0.1) is 22.1 Å². The lowest BCUT2D eigenvalue weighted by Gasteiger charge is -2.12. The molecule has 0 unspecified atom stereocenters. The molecule has 0 bridgehead atoms. The third-order valence-electron chi connectivity index (χ3n) is 9.32. The first-order valence-electron chi connectivity index (χ1n) is 15.4. The molecule has 0 fully saturated rings. The fourth-order valence-corrected chi connectivity index (χ4v) is 8.60. The summed E-state index contributed by atoms with van der Waals surface area (Å²) in [6.07, 6.45) is 0. The molecule has 0 N–H and O–H groups in total. The molecule has 0 saturated heterocycles. The highest BCUT2D eigenvalue weighted by atomic mass is 32.1. The number of benzene rings is 7. The van der Waals surface area contributed by atoms with E-state index >= 15 is 0 Å². The number of aromatic nitrogens is 2. The molecule has 0 spiro atoms. The average Bonchev–Trinajstić information content (AvgIpc) is 3.76. The number of thiophene rings is 1. The van der Waals surface area contributed by atoms with Crippen molar-refractivity contribution in [3.63, 3.8) is 0 Å². The second kappa shape index (κ2) is 9.43. The van der Waals surface area contributed by atoms with Crippen molar-refractivity contribution in [3.05, 3.63) is 158 Å². The van der Waals surface area contributed by atoms with Crippen molar-refractivity contribution in [2.75, 3.05) is 0 Å². The lowest BCUT2D eigenvalue weighted by Crippen LogP contribution is -1.95. The summed E-state index contributed by atoms with van der Waals surface area (Å²) in [5.74, 6) is 0. The van der Waals surface area contributed by atoms with Gasteiger partial charge in [0.15, 0.2) is 0 Å². The van der Waals surface area contributed by atoms with E-state index in [-0.39, 0.29) is 0 Å². The zero-order valence-corrected chi connectivity index (χ0v) is 25.1. The third kappa shape index (κ3) is 3.56. The van der Waals surface area contributed by atoms with Crippen molar-refractivity contribution in [1.29, 1.82) is 0 Å². The molecule has 0 aliphatic heterocycles. The molecule has 3 heterocycles. The molecular formula is C42H26N2S. The lowest BCUT2D eigenvalue weighted by molar-refractivity contribution is 1.18. The van der Waals surface area contributed by atoms with Crippen LogP contribution in [0.25, 0.3) is 86.3 Å². The zero-order valence-electron chi connectivity index (χ0n) is 24.3. The van der Waals surface area contributed by atoms with Gasteiger partial charge in [-0.2, -0.15) is 0 Å². The molecule has 0 amide bonds. The summed E-state index contributed by atoms with van der Waals surface area (Å²) >= 11 is 1.90. The van der Waals surface area contributed by atoms with Crippen LogP contribution in [0, 0.1) is 0 Å². The largest absolute Gasteiger partial charge is 0.309 e.